The fourth-order valence-electron chi connectivity index (χ4n) is 1.98. The monoisotopic (exact) mass is 259 g/mol. The van der Waals surface area contributed by atoms with E-state index in [0.717, 1.165) is 11.1 Å². The first kappa shape index (κ1) is 13.2. The molecule has 0 bridgehead atoms. The third-order valence-electron chi connectivity index (χ3n) is 3.03. The van der Waals surface area contributed by atoms with E-state index in [9.17, 15) is 9.18 Å². The molecule has 98 valence electrons. The van der Waals surface area contributed by atoms with Gasteiger partial charge in [-0.25, -0.2) is 4.39 Å². The van der Waals surface area contributed by atoms with Crippen LogP contribution in [0.25, 0.3) is 11.1 Å². The molecule has 0 amide bonds. The summed E-state index contributed by atoms with van der Waals surface area (Å²) in [5, 5.41) is 8.80. The zero-order valence-corrected chi connectivity index (χ0v) is 10.5. The van der Waals surface area contributed by atoms with Gasteiger partial charge in [0, 0.05) is 18.0 Å². The number of benzene rings is 1. The molecule has 0 aliphatic rings. The fraction of sp³-hybridized carbons (Fsp3) is 0.200. The quantitative estimate of drug-likeness (QED) is 0.914. The highest BCUT2D eigenvalue weighted by molar-refractivity contribution is 5.69. The van der Waals surface area contributed by atoms with Crippen LogP contribution in [-0.2, 0) is 4.79 Å². The van der Waals surface area contributed by atoms with Crippen molar-refractivity contribution in [2.45, 2.75) is 19.3 Å². The van der Waals surface area contributed by atoms with Crippen LogP contribution >= 0.6 is 0 Å². The van der Waals surface area contributed by atoms with Crippen LogP contribution in [0.4, 0.5) is 4.39 Å². The smallest absolute Gasteiger partial charge is 0.303 e. The van der Waals surface area contributed by atoms with Gasteiger partial charge in [0.05, 0.1) is 6.42 Å². The number of pyridine rings is 1. The fourth-order valence-corrected chi connectivity index (χ4v) is 1.98. The van der Waals surface area contributed by atoms with Crippen molar-refractivity contribution in [1.29, 1.82) is 0 Å². The molecule has 2 aromatic rings. The predicted molar refractivity (Wildman–Crippen MR) is 70.3 cm³/mol. The summed E-state index contributed by atoms with van der Waals surface area (Å²) < 4.78 is 13.8. The van der Waals surface area contributed by atoms with Gasteiger partial charge >= 0.3 is 5.97 Å². The molecule has 1 aromatic carbocycles. The molecule has 0 aliphatic heterocycles. The maximum Gasteiger partial charge on any atom is 0.303 e. The van der Waals surface area contributed by atoms with Crippen LogP contribution in [0.2, 0.25) is 0 Å². The summed E-state index contributed by atoms with van der Waals surface area (Å²) in [6.45, 7) is 1.82. The number of halogens is 1. The van der Waals surface area contributed by atoms with Gasteiger partial charge in [0.2, 0.25) is 0 Å². The molecule has 0 saturated carbocycles. The number of nitrogens with zero attached hydrogens (tertiary/aromatic N) is 1. The Balaban J connectivity index is 2.38. The van der Waals surface area contributed by atoms with Gasteiger partial charge in [0.25, 0.3) is 0 Å². The van der Waals surface area contributed by atoms with Gasteiger partial charge in [-0.2, -0.15) is 0 Å². The van der Waals surface area contributed by atoms with Crippen molar-refractivity contribution in [3.05, 3.63) is 54.1 Å². The lowest BCUT2D eigenvalue weighted by molar-refractivity contribution is -0.137. The second kappa shape index (κ2) is 5.61. The van der Waals surface area contributed by atoms with Crippen molar-refractivity contribution in [2.24, 2.45) is 0 Å². The van der Waals surface area contributed by atoms with E-state index in [2.05, 4.69) is 4.98 Å². The molecular formula is C15H14FNO2. The summed E-state index contributed by atoms with van der Waals surface area (Å²) in [7, 11) is 0. The van der Waals surface area contributed by atoms with Gasteiger partial charge in [-0.3, -0.25) is 9.78 Å². The van der Waals surface area contributed by atoms with Gasteiger partial charge in [0.15, 0.2) is 0 Å². The Morgan fingerprint density at radius 3 is 2.63 bits per heavy atom. The molecule has 0 aliphatic carbocycles. The standard InChI is InChI=1S/C15H14FNO2/c1-10(8-15(18)19)12-2-3-14(16)13(9-12)11-4-6-17-7-5-11/h2-7,9-10H,8H2,1H3,(H,18,19). The van der Waals surface area contributed by atoms with E-state index in [1.165, 1.54) is 6.07 Å². The second-order valence-corrected chi connectivity index (χ2v) is 4.47. The van der Waals surface area contributed by atoms with Crippen LogP contribution in [0.1, 0.15) is 24.8 Å². The molecule has 1 atom stereocenters. The number of carboxylic acids is 1. The van der Waals surface area contributed by atoms with Crippen molar-refractivity contribution in [3.63, 3.8) is 0 Å². The summed E-state index contributed by atoms with van der Waals surface area (Å²) in [6.07, 6.45) is 3.23. The Morgan fingerprint density at radius 1 is 1.32 bits per heavy atom. The Labute approximate surface area is 110 Å². The first-order valence-electron chi connectivity index (χ1n) is 5.99. The molecule has 0 saturated heterocycles. The highest BCUT2D eigenvalue weighted by atomic mass is 19.1. The summed E-state index contributed by atoms with van der Waals surface area (Å²) in [5.41, 5.74) is 2.02. The van der Waals surface area contributed by atoms with E-state index in [1.807, 2.05) is 6.92 Å². The molecule has 1 heterocycles. The molecule has 1 N–H and O–H groups in total. The topological polar surface area (TPSA) is 50.2 Å². The molecule has 0 spiro atoms. The molecule has 19 heavy (non-hydrogen) atoms. The minimum absolute atomic E-state index is 0.0292. The number of carboxylic acid groups (broad SMARTS) is 1. The summed E-state index contributed by atoms with van der Waals surface area (Å²) in [5.74, 6) is -1.33. The number of hydrogen-bond acceptors (Lipinski definition) is 2. The summed E-state index contributed by atoms with van der Waals surface area (Å²) in [6, 6.07) is 8.17. The van der Waals surface area contributed by atoms with Crippen LogP contribution in [0.15, 0.2) is 42.7 Å². The van der Waals surface area contributed by atoms with Crippen molar-refractivity contribution in [2.75, 3.05) is 0 Å². The summed E-state index contributed by atoms with van der Waals surface area (Å²) in [4.78, 5) is 14.6. The first-order chi connectivity index (χ1) is 9.08. The number of hydrogen-bond donors (Lipinski definition) is 1. The molecule has 1 aromatic heterocycles. The minimum Gasteiger partial charge on any atom is -0.481 e. The van der Waals surface area contributed by atoms with Crippen molar-refractivity contribution in [1.82, 2.24) is 4.98 Å². The largest absolute Gasteiger partial charge is 0.481 e. The van der Waals surface area contributed by atoms with Crippen molar-refractivity contribution >= 4 is 5.97 Å². The van der Waals surface area contributed by atoms with Gasteiger partial charge in [-0.1, -0.05) is 13.0 Å². The van der Waals surface area contributed by atoms with Crippen molar-refractivity contribution < 1.29 is 14.3 Å². The lowest BCUT2D eigenvalue weighted by Gasteiger charge is -2.12. The maximum absolute atomic E-state index is 13.8. The highest BCUT2D eigenvalue weighted by Gasteiger charge is 2.13. The molecule has 3 nitrogen and oxygen atoms in total. The zero-order chi connectivity index (χ0) is 13.8. The number of carbonyl (C=O) groups is 1. The van der Waals surface area contributed by atoms with Crippen LogP contribution in [-0.4, -0.2) is 16.1 Å². The van der Waals surface area contributed by atoms with E-state index in [-0.39, 0.29) is 18.2 Å². The van der Waals surface area contributed by atoms with Gasteiger partial charge in [-0.05, 0) is 41.3 Å². The minimum atomic E-state index is -0.859. The van der Waals surface area contributed by atoms with Crippen molar-refractivity contribution in [3.8, 4) is 11.1 Å². The van der Waals surface area contributed by atoms with E-state index in [0.29, 0.717) is 5.56 Å². The lowest BCUT2D eigenvalue weighted by Crippen LogP contribution is -2.03. The second-order valence-electron chi connectivity index (χ2n) is 4.47. The molecular weight excluding hydrogens is 245 g/mol. The molecule has 0 fully saturated rings. The number of aliphatic carboxylic acids is 1. The van der Waals surface area contributed by atoms with E-state index >= 15 is 0 Å². The van der Waals surface area contributed by atoms with Crippen LogP contribution in [0.3, 0.4) is 0 Å². The Hall–Kier alpha value is -2.23. The Kier molecular flexibility index (Phi) is 3.90. The SMILES string of the molecule is CC(CC(=O)O)c1ccc(F)c(-c2ccncc2)c1. The molecule has 4 heteroatoms. The Morgan fingerprint density at radius 2 is 2.00 bits per heavy atom. The normalized spacial score (nSPS) is 12.1. The van der Waals surface area contributed by atoms with Gasteiger partial charge in [-0.15, -0.1) is 0 Å². The third kappa shape index (κ3) is 3.16. The summed E-state index contributed by atoms with van der Waals surface area (Å²) >= 11 is 0. The van der Waals surface area contributed by atoms with E-state index in [4.69, 9.17) is 5.11 Å². The van der Waals surface area contributed by atoms with Crippen LogP contribution in [0, 0.1) is 5.82 Å². The molecule has 0 radical (unpaired) electrons. The maximum atomic E-state index is 13.8. The lowest BCUT2D eigenvalue weighted by atomic mass is 9.94. The van der Waals surface area contributed by atoms with Gasteiger partial charge < -0.3 is 5.11 Å². The first-order valence-corrected chi connectivity index (χ1v) is 5.99. The van der Waals surface area contributed by atoms with E-state index < -0.39 is 5.97 Å². The number of rotatable bonds is 4. The Bertz CT molecular complexity index is 584. The average molecular weight is 259 g/mol. The zero-order valence-electron chi connectivity index (χ0n) is 10.5. The average Bonchev–Trinajstić information content (AvgIpc) is 2.39. The van der Waals surface area contributed by atoms with E-state index in [1.54, 1.807) is 36.7 Å². The van der Waals surface area contributed by atoms with Crippen LogP contribution in [0.5, 0.6) is 0 Å². The number of aromatic nitrogens is 1. The molecule has 1 unspecified atom stereocenters. The third-order valence-corrected chi connectivity index (χ3v) is 3.03. The molecule has 2 rings (SSSR count). The van der Waals surface area contributed by atoms with Crippen LogP contribution < -0.4 is 0 Å². The predicted octanol–water partition coefficient (Wildman–Crippen LogP) is 3.47. The highest BCUT2D eigenvalue weighted by Crippen LogP contribution is 2.27. The van der Waals surface area contributed by atoms with Gasteiger partial charge in [0.1, 0.15) is 5.82 Å².